The van der Waals surface area contributed by atoms with Crippen LogP contribution in [0.4, 0.5) is 0 Å². The first-order valence-corrected chi connectivity index (χ1v) is 4.89. The lowest BCUT2D eigenvalue weighted by Crippen LogP contribution is -2.25. The van der Waals surface area contributed by atoms with Crippen molar-refractivity contribution in [1.82, 2.24) is 4.67 Å². The van der Waals surface area contributed by atoms with Crippen molar-refractivity contribution in [2.75, 3.05) is 20.2 Å². The number of ether oxygens (including phenoxy) is 1. The fourth-order valence-corrected chi connectivity index (χ4v) is 1.97. The minimum Gasteiger partial charge on any atom is -0.469 e. The van der Waals surface area contributed by atoms with Gasteiger partial charge in [-0.05, 0) is 12.3 Å². The molecule has 1 aliphatic rings. The lowest BCUT2D eigenvalue weighted by atomic mass is 9.99. The molecule has 0 saturated carbocycles. The molecule has 1 fully saturated rings. The highest BCUT2D eigenvalue weighted by molar-refractivity contribution is 7.13. The molecule has 5 heteroatoms. The predicted octanol–water partition coefficient (Wildman–Crippen LogP) is 0.0224. The highest BCUT2D eigenvalue weighted by atomic mass is 31.0. The van der Waals surface area contributed by atoms with Crippen molar-refractivity contribution in [3.05, 3.63) is 0 Å². The summed E-state index contributed by atoms with van der Waals surface area (Å²) in [4.78, 5) is 10.9. The molecule has 0 amide bonds. The number of rotatable bonds is 3. The summed E-state index contributed by atoms with van der Waals surface area (Å²) in [5.74, 6) is -0.133. The van der Waals surface area contributed by atoms with Crippen LogP contribution in [0.25, 0.3) is 0 Å². The average molecular weight is 205 g/mol. The Bertz CT molecular complexity index is 188. The Morgan fingerprint density at radius 3 is 3.00 bits per heavy atom. The predicted molar refractivity (Wildman–Crippen MR) is 52.0 cm³/mol. The molecule has 0 radical (unpaired) electrons. The molecule has 0 bridgehead atoms. The number of carbonyl (C=O) groups is 1. The quantitative estimate of drug-likeness (QED) is 0.521. The van der Waals surface area contributed by atoms with E-state index in [2.05, 4.69) is 18.8 Å². The van der Waals surface area contributed by atoms with Crippen molar-refractivity contribution in [3.8, 4) is 0 Å². The number of hydrogen-bond donors (Lipinski definition) is 1. The van der Waals surface area contributed by atoms with Gasteiger partial charge in [0.15, 0.2) is 0 Å². The minimum atomic E-state index is -0.557. The van der Waals surface area contributed by atoms with E-state index >= 15 is 0 Å². The van der Waals surface area contributed by atoms with Crippen molar-refractivity contribution in [2.24, 2.45) is 5.92 Å². The summed E-state index contributed by atoms with van der Waals surface area (Å²) in [6, 6.07) is 0. The summed E-state index contributed by atoms with van der Waals surface area (Å²) in [6.45, 7) is 1.80. The van der Waals surface area contributed by atoms with Crippen molar-refractivity contribution in [3.63, 3.8) is 0 Å². The molecule has 4 nitrogen and oxygen atoms in total. The van der Waals surface area contributed by atoms with Crippen molar-refractivity contribution in [2.45, 2.75) is 18.9 Å². The number of aliphatic hydroxyl groups is 1. The average Bonchev–Trinajstić information content (AvgIpc) is 2.51. The maximum Gasteiger partial charge on any atom is 0.308 e. The molecule has 3 unspecified atom stereocenters. The first kappa shape index (κ1) is 10.9. The molecule has 1 heterocycles. The molecule has 0 spiro atoms. The van der Waals surface area contributed by atoms with Crippen molar-refractivity contribution >= 4 is 15.4 Å². The van der Waals surface area contributed by atoms with Gasteiger partial charge in [0.25, 0.3) is 0 Å². The van der Waals surface area contributed by atoms with Crippen molar-refractivity contribution in [1.29, 1.82) is 0 Å². The van der Waals surface area contributed by atoms with E-state index in [0.717, 1.165) is 19.5 Å². The molecule has 3 atom stereocenters. The van der Waals surface area contributed by atoms with E-state index in [0.29, 0.717) is 0 Å². The third kappa shape index (κ3) is 3.22. The molecule has 76 valence electrons. The highest BCUT2D eigenvalue weighted by Gasteiger charge is 2.28. The van der Waals surface area contributed by atoms with E-state index in [4.69, 9.17) is 0 Å². The highest BCUT2D eigenvalue weighted by Crippen LogP contribution is 2.23. The third-order valence-corrected chi connectivity index (χ3v) is 2.87. The molecule has 0 aromatic heterocycles. The zero-order valence-corrected chi connectivity index (χ0v) is 8.93. The van der Waals surface area contributed by atoms with Gasteiger partial charge >= 0.3 is 5.97 Å². The maximum atomic E-state index is 10.9. The van der Waals surface area contributed by atoms with Gasteiger partial charge < -0.3 is 9.84 Å². The van der Waals surface area contributed by atoms with Gasteiger partial charge in [-0.3, -0.25) is 9.46 Å². The summed E-state index contributed by atoms with van der Waals surface area (Å²) in [6.07, 6.45) is 0.499. The Balaban J connectivity index is 2.31. The van der Waals surface area contributed by atoms with Crippen LogP contribution in [0, 0.1) is 5.92 Å². The maximum absolute atomic E-state index is 10.9. The number of carbonyl (C=O) groups excluding carboxylic acids is 1. The molecule has 0 aromatic rings. The molecule has 13 heavy (non-hydrogen) atoms. The van der Waals surface area contributed by atoms with Crippen molar-refractivity contribution < 1.29 is 14.6 Å². The molecule has 1 saturated heterocycles. The van der Waals surface area contributed by atoms with Crippen LogP contribution in [-0.4, -0.2) is 42.0 Å². The Morgan fingerprint density at radius 1 is 1.85 bits per heavy atom. The summed E-state index contributed by atoms with van der Waals surface area (Å²) < 4.78 is 6.56. The topological polar surface area (TPSA) is 49.8 Å². The van der Waals surface area contributed by atoms with Crippen LogP contribution in [0.3, 0.4) is 0 Å². The Kier molecular flexibility index (Phi) is 4.10. The normalized spacial score (nSPS) is 25.9. The first-order valence-electron chi connectivity index (χ1n) is 4.38. The summed E-state index contributed by atoms with van der Waals surface area (Å²) in [5, 5.41) is 9.63. The van der Waals surface area contributed by atoms with Crippen LogP contribution in [-0.2, 0) is 9.53 Å². The third-order valence-electron chi connectivity index (χ3n) is 2.40. The van der Waals surface area contributed by atoms with Gasteiger partial charge in [-0.25, -0.2) is 0 Å². The Hall–Kier alpha value is -0.180. The molecule has 1 aliphatic heterocycles. The number of hydrogen-bond acceptors (Lipinski definition) is 4. The van der Waals surface area contributed by atoms with Gasteiger partial charge in [0.2, 0.25) is 0 Å². The second kappa shape index (κ2) is 4.89. The molecule has 0 aliphatic carbocycles. The number of aliphatic hydroxyl groups excluding tert-OH is 1. The summed E-state index contributed by atoms with van der Waals surface area (Å²) >= 11 is 0. The van der Waals surface area contributed by atoms with Crippen LogP contribution in [0.2, 0.25) is 0 Å². The molecule has 1 rings (SSSR count). The van der Waals surface area contributed by atoms with Gasteiger partial charge in [0.1, 0.15) is 0 Å². The lowest BCUT2D eigenvalue weighted by molar-refractivity contribution is -0.143. The fraction of sp³-hybridized carbons (Fsp3) is 0.875. The summed E-state index contributed by atoms with van der Waals surface area (Å²) in [7, 11) is 3.94. The number of nitrogens with zero attached hydrogens (tertiary/aromatic N) is 1. The number of methoxy groups -OCH3 is 1. The minimum absolute atomic E-state index is 0.111. The van der Waals surface area contributed by atoms with Gasteiger partial charge in [0.05, 0.1) is 19.6 Å². The largest absolute Gasteiger partial charge is 0.469 e. The van der Waals surface area contributed by atoms with Crippen LogP contribution in [0.15, 0.2) is 0 Å². The lowest BCUT2D eigenvalue weighted by Gasteiger charge is -2.16. The van der Waals surface area contributed by atoms with Crippen LogP contribution < -0.4 is 0 Å². The van der Waals surface area contributed by atoms with Crippen LogP contribution in [0.5, 0.6) is 0 Å². The van der Waals surface area contributed by atoms with Gasteiger partial charge in [0, 0.05) is 13.1 Å². The van der Waals surface area contributed by atoms with Gasteiger partial charge in [-0.2, -0.15) is 0 Å². The smallest absolute Gasteiger partial charge is 0.308 e. The molecule has 1 N–H and O–H groups in total. The van der Waals surface area contributed by atoms with E-state index < -0.39 is 6.10 Å². The number of esters is 1. The SMILES string of the molecule is COC(=O)CC(O)C1CCN(P)C1. The van der Waals surface area contributed by atoms with E-state index in [1.807, 2.05) is 0 Å². The molecule has 0 aromatic carbocycles. The van der Waals surface area contributed by atoms with E-state index in [1.165, 1.54) is 7.11 Å². The van der Waals surface area contributed by atoms with Crippen LogP contribution in [0.1, 0.15) is 12.8 Å². The second-order valence-corrected chi connectivity index (χ2v) is 4.12. The van der Waals surface area contributed by atoms with Crippen LogP contribution >= 0.6 is 9.39 Å². The Labute approximate surface area is 80.5 Å². The van der Waals surface area contributed by atoms with Gasteiger partial charge in [-0.1, -0.05) is 9.39 Å². The Morgan fingerprint density at radius 2 is 2.54 bits per heavy atom. The molecular weight excluding hydrogens is 189 g/mol. The van der Waals surface area contributed by atoms with E-state index in [9.17, 15) is 9.90 Å². The zero-order valence-electron chi connectivity index (χ0n) is 7.77. The van der Waals surface area contributed by atoms with Gasteiger partial charge in [-0.15, -0.1) is 0 Å². The fourth-order valence-electron chi connectivity index (χ4n) is 1.55. The summed E-state index contributed by atoms with van der Waals surface area (Å²) in [5.41, 5.74) is 0. The zero-order chi connectivity index (χ0) is 9.84. The standard InChI is InChI=1S/C8H16NO3P/c1-12-8(11)4-7(10)6-2-3-9(13)5-6/h6-7,10H,2-5,13H2,1H3. The van der Waals surface area contributed by atoms with E-state index in [1.54, 1.807) is 0 Å². The van der Waals surface area contributed by atoms with E-state index in [-0.39, 0.29) is 18.3 Å². The second-order valence-electron chi connectivity index (χ2n) is 3.39. The first-order chi connectivity index (χ1) is 6.13. The molecular formula is C8H16NO3P. The monoisotopic (exact) mass is 205 g/mol.